The van der Waals surface area contributed by atoms with Crippen molar-refractivity contribution in [2.24, 2.45) is 0 Å². The maximum atomic E-state index is 14.4. The summed E-state index contributed by atoms with van der Waals surface area (Å²) < 4.78 is 16.3. The minimum Gasteiger partial charge on any atom is -0.394 e. The Hall–Kier alpha value is -4.48. The van der Waals surface area contributed by atoms with Crippen LogP contribution in [0, 0.1) is 0 Å². The molecule has 0 aromatic heterocycles. The third-order valence-electron chi connectivity index (χ3n) is 11.3. The van der Waals surface area contributed by atoms with Gasteiger partial charge in [-0.2, -0.15) is 0 Å². The van der Waals surface area contributed by atoms with Gasteiger partial charge in [0.1, 0.15) is 0 Å². The first-order valence-electron chi connectivity index (χ1n) is 20.2. The second kappa shape index (κ2) is 17.5. The molecular weight excluding hydrogens is 697 g/mol. The highest BCUT2D eigenvalue weighted by Gasteiger charge is 2.39. The van der Waals surface area contributed by atoms with Crippen molar-refractivity contribution in [3.8, 4) is 0 Å². The number of aliphatic hydroxyl groups is 1. The lowest BCUT2D eigenvalue weighted by molar-refractivity contribution is 0.00502. The normalized spacial score (nSPS) is 14.4. The number of nitrogens with zero attached hydrogens (tertiary/aromatic N) is 2. The van der Waals surface area contributed by atoms with Crippen molar-refractivity contribution < 1.29 is 38.5 Å². The number of carbonyl (C=O) groups excluding carboxylic acids is 4. The fraction of sp³-hybridized carbons (Fsp3) is 0.467. The van der Waals surface area contributed by atoms with Crippen LogP contribution < -0.4 is 0 Å². The van der Waals surface area contributed by atoms with E-state index in [1.807, 2.05) is 36.4 Å². The van der Waals surface area contributed by atoms with Crippen molar-refractivity contribution in [1.29, 1.82) is 0 Å². The Kier molecular flexibility index (Phi) is 12.4. The molecular formula is C45H52N2O8. The Labute approximate surface area is 322 Å². The van der Waals surface area contributed by atoms with Gasteiger partial charge in [-0.25, -0.2) is 0 Å². The predicted octanol–water partition coefficient (Wildman–Crippen LogP) is 8.28. The SMILES string of the molecule is CCCCCCC(CCCCCC)N1C(=O)c2ccc3c4ccc5c6c(ccc(c7ccc(c2c37)C1=O)c64)C(=O)N(CCOCCOCCOCCO)C5=O. The molecule has 0 unspecified atom stereocenters. The molecule has 0 spiro atoms. The number of carbonyl (C=O) groups is 4. The van der Waals surface area contributed by atoms with E-state index in [-0.39, 0.29) is 56.0 Å². The zero-order valence-electron chi connectivity index (χ0n) is 32.1. The maximum Gasteiger partial charge on any atom is 0.261 e. The monoisotopic (exact) mass is 748 g/mol. The highest BCUT2D eigenvalue weighted by molar-refractivity contribution is 6.41. The van der Waals surface area contributed by atoms with E-state index in [1.54, 1.807) is 17.0 Å². The minimum atomic E-state index is -0.367. The van der Waals surface area contributed by atoms with Crippen LogP contribution in [0.2, 0.25) is 0 Å². The summed E-state index contributed by atoms with van der Waals surface area (Å²) in [5.74, 6) is -1.17. The molecule has 1 N–H and O–H groups in total. The molecule has 10 heteroatoms. The van der Waals surface area contributed by atoms with Crippen LogP contribution >= 0.6 is 0 Å². The Balaban J connectivity index is 1.18. The van der Waals surface area contributed by atoms with E-state index in [0.717, 1.165) is 96.5 Å². The third kappa shape index (κ3) is 7.33. The van der Waals surface area contributed by atoms with Gasteiger partial charge in [0.15, 0.2) is 0 Å². The van der Waals surface area contributed by atoms with Gasteiger partial charge in [0.25, 0.3) is 23.6 Å². The minimum absolute atomic E-state index is 0.0328. The van der Waals surface area contributed by atoms with E-state index >= 15 is 0 Å². The van der Waals surface area contributed by atoms with Crippen LogP contribution in [0.4, 0.5) is 0 Å². The Morgan fingerprint density at radius 3 is 1.31 bits per heavy atom. The summed E-state index contributed by atoms with van der Waals surface area (Å²) in [4.78, 5) is 59.4. The molecule has 290 valence electrons. The number of rotatable bonds is 22. The summed E-state index contributed by atoms with van der Waals surface area (Å²) >= 11 is 0. The molecule has 2 aliphatic heterocycles. The van der Waals surface area contributed by atoms with Crippen LogP contribution in [0.5, 0.6) is 0 Å². The van der Waals surface area contributed by atoms with Gasteiger partial charge in [0, 0.05) is 39.1 Å². The van der Waals surface area contributed by atoms with E-state index in [9.17, 15) is 19.2 Å². The summed E-state index contributed by atoms with van der Waals surface area (Å²) in [6, 6.07) is 15.0. The van der Waals surface area contributed by atoms with Gasteiger partial charge in [-0.3, -0.25) is 29.0 Å². The zero-order valence-corrected chi connectivity index (χ0v) is 32.1. The summed E-state index contributed by atoms with van der Waals surface area (Å²) in [5, 5.41) is 15.3. The highest BCUT2D eigenvalue weighted by Crippen LogP contribution is 2.46. The summed E-state index contributed by atoms with van der Waals surface area (Å²) in [6.07, 6.45) is 10.4. The Morgan fingerprint density at radius 1 is 0.491 bits per heavy atom. The average Bonchev–Trinajstić information content (AvgIpc) is 3.20. The van der Waals surface area contributed by atoms with Crippen LogP contribution in [0.15, 0.2) is 48.5 Å². The van der Waals surface area contributed by atoms with Crippen LogP contribution in [-0.2, 0) is 14.2 Å². The largest absolute Gasteiger partial charge is 0.394 e. The summed E-state index contributed by atoms with van der Waals surface area (Å²) in [6.45, 7) is 6.29. The quantitative estimate of drug-likeness (QED) is 0.0325. The number of amides is 4. The smallest absolute Gasteiger partial charge is 0.261 e. The van der Waals surface area contributed by atoms with Gasteiger partial charge >= 0.3 is 0 Å². The number of hydrogen-bond acceptors (Lipinski definition) is 8. The molecule has 4 amide bonds. The van der Waals surface area contributed by atoms with E-state index in [2.05, 4.69) is 13.8 Å². The Morgan fingerprint density at radius 2 is 0.891 bits per heavy atom. The molecule has 0 saturated carbocycles. The number of imide groups is 2. The van der Waals surface area contributed by atoms with Crippen LogP contribution in [0.25, 0.3) is 43.1 Å². The number of hydrogen-bond donors (Lipinski definition) is 1. The number of aliphatic hydroxyl groups excluding tert-OH is 1. The Bertz CT molecular complexity index is 2080. The standard InChI is InChI=1S/C45H52N2O8/c1-3-5-7-9-11-29(12-10-8-6-4-2)47-44(51)36-19-15-32-30-13-17-34-40-35(18-14-31(38(30)40)33-16-20-37(45(47)52)41(36)39(32)33)43(50)46(42(34)49)21-23-53-25-27-55-28-26-54-24-22-48/h13-20,29,48H,3-12,21-28H2,1-2H3. The molecule has 0 bridgehead atoms. The first-order valence-corrected chi connectivity index (χ1v) is 20.2. The third-order valence-corrected chi connectivity index (χ3v) is 11.3. The molecule has 0 saturated heterocycles. The molecule has 5 aromatic carbocycles. The molecule has 0 radical (unpaired) electrons. The number of benzene rings is 5. The van der Waals surface area contributed by atoms with Crippen molar-refractivity contribution in [3.63, 3.8) is 0 Å². The number of unbranched alkanes of at least 4 members (excludes halogenated alkanes) is 6. The molecule has 55 heavy (non-hydrogen) atoms. The van der Waals surface area contributed by atoms with Crippen molar-refractivity contribution in [2.75, 3.05) is 52.8 Å². The summed E-state index contributed by atoms with van der Waals surface area (Å²) in [5.41, 5.74) is 2.03. The van der Waals surface area contributed by atoms with Gasteiger partial charge in [0.05, 0.1) is 52.8 Å². The first kappa shape index (κ1) is 38.8. The summed E-state index contributed by atoms with van der Waals surface area (Å²) in [7, 11) is 0. The number of ether oxygens (including phenoxy) is 3. The average molecular weight is 749 g/mol. The molecule has 0 aliphatic carbocycles. The lowest BCUT2D eigenvalue weighted by atomic mass is 9.82. The van der Waals surface area contributed by atoms with Crippen LogP contribution in [0.3, 0.4) is 0 Å². The van der Waals surface area contributed by atoms with Gasteiger partial charge in [-0.15, -0.1) is 0 Å². The first-order chi connectivity index (χ1) is 26.9. The van der Waals surface area contributed by atoms with Gasteiger partial charge in [0.2, 0.25) is 0 Å². The van der Waals surface area contributed by atoms with Crippen molar-refractivity contribution in [3.05, 3.63) is 70.8 Å². The second-order valence-electron chi connectivity index (χ2n) is 14.8. The molecule has 0 atom stereocenters. The van der Waals surface area contributed by atoms with Crippen LogP contribution in [0.1, 0.15) is 119 Å². The molecule has 7 rings (SSSR count). The van der Waals surface area contributed by atoms with E-state index in [0.29, 0.717) is 59.5 Å². The van der Waals surface area contributed by atoms with Crippen LogP contribution in [-0.4, -0.2) is 97.4 Å². The van der Waals surface area contributed by atoms with E-state index in [4.69, 9.17) is 19.3 Å². The second-order valence-corrected chi connectivity index (χ2v) is 14.8. The van der Waals surface area contributed by atoms with E-state index < -0.39 is 0 Å². The van der Waals surface area contributed by atoms with Gasteiger partial charge < -0.3 is 19.3 Å². The van der Waals surface area contributed by atoms with E-state index in [1.165, 1.54) is 4.90 Å². The van der Waals surface area contributed by atoms with Crippen molar-refractivity contribution >= 4 is 66.7 Å². The highest BCUT2D eigenvalue weighted by atomic mass is 16.5. The molecule has 2 heterocycles. The molecule has 10 nitrogen and oxygen atoms in total. The lowest BCUT2D eigenvalue weighted by Crippen LogP contribution is -2.47. The van der Waals surface area contributed by atoms with Gasteiger partial charge in [-0.1, -0.05) is 89.5 Å². The fourth-order valence-electron chi connectivity index (χ4n) is 8.65. The maximum absolute atomic E-state index is 14.4. The molecule has 2 aliphatic rings. The van der Waals surface area contributed by atoms with Crippen molar-refractivity contribution in [1.82, 2.24) is 9.80 Å². The molecule has 5 aromatic rings. The van der Waals surface area contributed by atoms with Gasteiger partial charge in [-0.05, 0) is 69.4 Å². The fourth-order valence-corrected chi connectivity index (χ4v) is 8.65. The lowest BCUT2D eigenvalue weighted by Gasteiger charge is -2.35. The predicted molar refractivity (Wildman–Crippen MR) is 214 cm³/mol. The zero-order chi connectivity index (χ0) is 38.5. The number of fused-ring (bicyclic) bond motifs is 2. The topological polar surface area (TPSA) is 123 Å². The van der Waals surface area contributed by atoms with Crippen molar-refractivity contribution in [2.45, 2.75) is 84.1 Å². The molecule has 0 fully saturated rings.